The molecule has 0 bridgehead atoms. The van der Waals surface area contributed by atoms with Crippen molar-refractivity contribution in [3.05, 3.63) is 90.5 Å². The van der Waals surface area contributed by atoms with Gasteiger partial charge in [-0.05, 0) is 24.5 Å². The molecule has 0 radical (unpaired) electrons. The van der Waals surface area contributed by atoms with Crippen LogP contribution in [0.3, 0.4) is 0 Å². The Morgan fingerprint density at radius 2 is 1.33 bits per heavy atom. The van der Waals surface area contributed by atoms with E-state index >= 15 is 0 Å². The number of nitrogens with zero attached hydrogens (tertiary/aromatic N) is 3. The predicted octanol–water partition coefficient (Wildman–Crippen LogP) is 6.45. The van der Waals surface area contributed by atoms with Gasteiger partial charge in [0.1, 0.15) is 11.4 Å². The van der Waals surface area contributed by atoms with E-state index in [2.05, 4.69) is 29.4 Å². The lowest BCUT2D eigenvalue weighted by Gasteiger charge is -2.16. The van der Waals surface area contributed by atoms with Crippen molar-refractivity contribution >= 4 is 23.4 Å². The van der Waals surface area contributed by atoms with Crippen molar-refractivity contribution in [2.24, 2.45) is 0 Å². The van der Waals surface area contributed by atoms with Crippen molar-refractivity contribution < 1.29 is 4.79 Å². The first-order valence-corrected chi connectivity index (χ1v) is 11.8. The molecule has 4 rings (SSSR count). The number of carbonyl (C=O) groups is 1. The Hall–Kier alpha value is -3.51. The largest absolute Gasteiger partial charge is 0.325 e. The van der Waals surface area contributed by atoms with Crippen LogP contribution in [0.15, 0.2) is 90.1 Å². The summed E-state index contributed by atoms with van der Waals surface area (Å²) in [6.45, 7) is 6.08. The van der Waals surface area contributed by atoms with Crippen molar-refractivity contribution in [3.63, 3.8) is 0 Å². The number of nitrogens with one attached hydrogen (secondary N) is 1. The molecule has 4 aromatic rings. The maximum atomic E-state index is 12.9. The van der Waals surface area contributed by atoms with Crippen LogP contribution in [0.4, 0.5) is 5.69 Å². The van der Waals surface area contributed by atoms with E-state index in [9.17, 15) is 4.79 Å². The van der Waals surface area contributed by atoms with Crippen molar-refractivity contribution in [1.82, 2.24) is 15.2 Å². The molecule has 1 N–H and O–H groups in total. The predicted molar refractivity (Wildman–Crippen MR) is 135 cm³/mol. The van der Waals surface area contributed by atoms with Gasteiger partial charge in [-0.2, -0.15) is 0 Å². The first-order chi connectivity index (χ1) is 16.0. The molecule has 0 spiro atoms. The van der Waals surface area contributed by atoms with Crippen LogP contribution in [-0.4, -0.2) is 26.3 Å². The number of hydrogen-bond donors (Lipinski definition) is 1. The summed E-state index contributed by atoms with van der Waals surface area (Å²) in [5, 5.41) is 12.0. The van der Waals surface area contributed by atoms with Crippen LogP contribution >= 0.6 is 11.8 Å². The van der Waals surface area contributed by atoms with Crippen LogP contribution in [-0.2, 0) is 4.79 Å². The molecule has 0 aliphatic heterocycles. The molecule has 6 heteroatoms. The third-order valence-corrected chi connectivity index (χ3v) is 6.21. The number of aromatic nitrogens is 3. The SMILES string of the molecule is CC(Sc1nnc(-c2ccccc2)c(-c2ccccc2)n1)C(=O)Nc1ccccc1C(C)C. The minimum atomic E-state index is -0.391. The Labute approximate surface area is 198 Å². The summed E-state index contributed by atoms with van der Waals surface area (Å²) in [4.78, 5) is 17.7. The maximum Gasteiger partial charge on any atom is 0.237 e. The molecular weight excluding hydrogens is 428 g/mol. The van der Waals surface area contributed by atoms with E-state index in [1.54, 1.807) is 0 Å². The van der Waals surface area contributed by atoms with E-state index in [1.807, 2.05) is 91.9 Å². The summed E-state index contributed by atoms with van der Waals surface area (Å²) in [5.41, 5.74) is 5.32. The van der Waals surface area contributed by atoms with Gasteiger partial charge in [-0.15, -0.1) is 10.2 Å². The lowest BCUT2D eigenvalue weighted by atomic mass is 10.0. The van der Waals surface area contributed by atoms with Crippen molar-refractivity contribution in [3.8, 4) is 22.5 Å². The fourth-order valence-corrected chi connectivity index (χ4v) is 4.22. The summed E-state index contributed by atoms with van der Waals surface area (Å²) < 4.78 is 0. The lowest BCUT2D eigenvalue weighted by Crippen LogP contribution is -2.23. The Kier molecular flexibility index (Phi) is 7.15. The fraction of sp³-hybridized carbons (Fsp3) is 0.185. The third kappa shape index (κ3) is 5.46. The van der Waals surface area contributed by atoms with Crippen LogP contribution in [0.1, 0.15) is 32.3 Å². The molecular formula is C27H26N4OS. The summed E-state index contributed by atoms with van der Waals surface area (Å²) in [6.07, 6.45) is 0. The smallest absolute Gasteiger partial charge is 0.237 e. The number of thioether (sulfide) groups is 1. The number of para-hydroxylation sites is 1. The fourth-order valence-electron chi connectivity index (χ4n) is 3.51. The molecule has 1 aromatic heterocycles. The Morgan fingerprint density at radius 3 is 1.97 bits per heavy atom. The normalized spacial score (nSPS) is 11.9. The zero-order valence-electron chi connectivity index (χ0n) is 18.9. The van der Waals surface area contributed by atoms with E-state index < -0.39 is 5.25 Å². The number of hydrogen-bond acceptors (Lipinski definition) is 5. The van der Waals surface area contributed by atoms with E-state index in [0.717, 1.165) is 28.1 Å². The van der Waals surface area contributed by atoms with E-state index in [0.29, 0.717) is 16.8 Å². The quantitative estimate of drug-likeness (QED) is 0.325. The molecule has 1 unspecified atom stereocenters. The first-order valence-electron chi connectivity index (χ1n) is 10.9. The molecule has 1 atom stereocenters. The highest BCUT2D eigenvalue weighted by Gasteiger charge is 2.20. The molecule has 0 aliphatic carbocycles. The number of rotatable bonds is 7. The number of carbonyl (C=O) groups excluding carboxylic acids is 1. The molecule has 0 saturated heterocycles. The average Bonchev–Trinajstić information content (AvgIpc) is 2.85. The van der Waals surface area contributed by atoms with Crippen LogP contribution in [0, 0.1) is 0 Å². The van der Waals surface area contributed by atoms with Crippen molar-refractivity contribution in [2.45, 2.75) is 37.1 Å². The maximum absolute atomic E-state index is 12.9. The van der Waals surface area contributed by atoms with E-state index in [1.165, 1.54) is 11.8 Å². The minimum absolute atomic E-state index is 0.0925. The van der Waals surface area contributed by atoms with E-state index in [4.69, 9.17) is 4.98 Å². The topological polar surface area (TPSA) is 67.8 Å². The highest BCUT2D eigenvalue weighted by atomic mass is 32.2. The van der Waals surface area contributed by atoms with Gasteiger partial charge in [-0.25, -0.2) is 4.98 Å². The standard InChI is InChI=1S/C27H26N4OS/c1-18(2)22-16-10-11-17-23(22)28-26(32)19(3)33-27-29-24(20-12-6-4-7-13-20)25(30-31-27)21-14-8-5-9-15-21/h4-19H,1-3H3,(H,28,32). The third-order valence-electron chi connectivity index (χ3n) is 5.25. The van der Waals surface area contributed by atoms with Gasteiger partial charge < -0.3 is 5.32 Å². The molecule has 33 heavy (non-hydrogen) atoms. The second kappa shape index (κ2) is 10.4. The zero-order chi connectivity index (χ0) is 23.2. The Morgan fingerprint density at radius 1 is 0.758 bits per heavy atom. The van der Waals surface area contributed by atoms with Crippen LogP contribution < -0.4 is 5.32 Å². The summed E-state index contributed by atoms with van der Waals surface area (Å²) in [7, 11) is 0. The van der Waals surface area contributed by atoms with Gasteiger partial charge in [-0.1, -0.05) is 104 Å². The molecule has 0 saturated carbocycles. The minimum Gasteiger partial charge on any atom is -0.325 e. The number of amides is 1. The van der Waals surface area contributed by atoms with Gasteiger partial charge in [0, 0.05) is 16.8 Å². The molecule has 5 nitrogen and oxygen atoms in total. The second-order valence-corrected chi connectivity index (χ2v) is 9.32. The van der Waals surface area contributed by atoms with Crippen LogP contribution in [0.5, 0.6) is 0 Å². The molecule has 166 valence electrons. The second-order valence-electron chi connectivity index (χ2n) is 8.01. The summed E-state index contributed by atoms with van der Waals surface area (Å²) >= 11 is 1.30. The van der Waals surface area contributed by atoms with Gasteiger partial charge in [0.25, 0.3) is 0 Å². The van der Waals surface area contributed by atoms with Crippen LogP contribution in [0.25, 0.3) is 22.5 Å². The summed E-state index contributed by atoms with van der Waals surface area (Å²) in [6, 6.07) is 27.7. The number of anilines is 1. The summed E-state index contributed by atoms with van der Waals surface area (Å²) in [5.74, 6) is 0.223. The van der Waals surface area contributed by atoms with Gasteiger partial charge in [0.05, 0.1) is 5.25 Å². The zero-order valence-corrected chi connectivity index (χ0v) is 19.7. The molecule has 1 heterocycles. The Balaban J connectivity index is 1.59. The van der Waals surface area contributed by atoms with Crippen LogP contribution in [0.2, 0.25) is 0 Å². The molecule has 0 fully saturated rings. The lowest BCUT2D eigenvalue weighted by molar-refractivity contribution is -0.115. The highest BCUT2D eigenvalue weighted by molar-refractivity contribution is 8.00. The van der Waals surface area contributed by atoms with E-state index in [-0.39, 0.29) is 5.91 Å². The molecule has 3 aromatic carbocycles. The average molecular weight is 455 g/mol. The van der Waals surface area contributed by atoms with Gasteiger partial charge in [-0.3, -0.25) is 4.79 Å². The number of benzene rings is 3. The van der Waals surface area contributed by atoms with Crippen molar-refractivity contribution in [1.29, 1.82) is 0 Å². The Bertz CT molecular complexity index is 1230. The van der Waals surface area contributed by atoms with Gasteiger partial charge in [0.2, 0.25) is 11.1 Å². The first kappa shape index (κ1) is 22.7. The highest BCUT2D eigenvalue weighted by Crippen LogP contribution is 2.31. The molecule has 1 amide bonds. The monoisotopic (exact) mass is 454 g/mol. The van der Waals surface area contributed by atoms with Gasteiger partial charge >= 0.3 is 0 Å². The van der Waals surface area contributed by atoms with Gasteiger partial charge in [0.15, 0.2) is 0 Å². The molecule has 0 aliphatic rings. The van der Waals surface area contributed by atoms with Crippen molar-refractivity contribution in [2.75, 3.05) is 5.32 Å².